The number of alkyl carbamates (subject to hydrolysis) is 1. The third-order valence-electron chi connectivity index (χ3n) is 3.40. The van der Waals surface area contributed by atoms with Crippen molar-refractivity contribution in [2.75, 3.05) is 11.9 Å². The lowest BCUT2D eigenvalue weighted by atomic mass is 9.75. The maximum atomic E-state index is 12.0. The average molecular weight is 306 g/mol. The Bertz CT molecular complexity index is 285. The predicted molar refractivity (Wildman–Crippen MR) is 69.3 cm³/mol. The van der Waals surface area contributed by atoms with E-state index in [0.29, 0.717) is 25.4 Å². The molecule has 0 radical (unpaired) electrons. The zero-order chi connectivity index (χ0) is 12.9. The largest absolute Gasteiger partial charge is 0.450 e. The van der Waals surface area contributed by atoms with Crippen LogP contribution in [0.3, 0.4) is 0 Å². The monoisotopic (exact) mass is 305 g/mol. The van der Waals surface area contributed by atoms with Gasteiger partial charge in [0.05, 0.1) is 11.9 Å². The normalized spacial score (nSPS) is 28.5. The molecule has 0 aliphatic heterocycles. The van der Waals surface area contributed by atoms with Gasteiger partial charge in [-0.25, -0.2) is 4.79 Å². The number of Topliss-reactive ketones (excluding diaryl/α,β-unsaturated/α-hetero) is 1. The van der Waals surface area contributed by atoms with Crippen molar-refractivity contribution in [1.29, 1.82) is 0 Å². The van der Waals surface area contributed by atoms with E-state index in [1.165, 1.54) is 0 Å². The molecule has 0 heterocycles. The first-order valence-corrected chi connectivity index (χ1v) is 7.20. The van der Waals surface area contributed by atoms with Gasteiger partial charge in [0.15, 0.2) is 5.78 Å². The van der Waals surface area contributed by atoms with Gasteiger partial charge >= 0.3 is 6.09 Å². The standard InChI is InChI=1S/C12H20BrNO3/c1-3-17-11(16)14-12(10(15)8-13)6-4-9(2)5-7-12/h9H,3-8H2,1-2H3,(H,14,16). The molecule has 1 aliphatic rings. The fourth-order valence-electron chi connectivity index (χ4n) is 2.22. The molecule has 17 heavy (non-hydrogen) atoms. The van der Waals surface area contributed by atoms with Crippen LogP contribution in [0.5, 0.6) is 0 Å². The first-order chi connectivity index (χ1) is 8.04. The summed E-state index contributed by atoms with van der Waals surface area (Å²) in [4.78, 5) is 23.5. The molecule has 0 bridgehead atoms. The van der Waals surface area contributed by atoms with Gasteiger partial charge in [-0.15, -0.1) is 0 Å². The summed E-state index contributed by atoms with van der Waals surface area (Å²) in [6, 6.07) is 0. The SMILES string of the molecule is CCOC(=O)NC1(C(=O)CBr)CCC(C)CC1. The topological polar surface area (TPSA) is 55.4 Å². The zero-order valence-electron chi connectivity index (χ0n) is 10.4. The molecular formula is C12H20BrNO3. The van der Waals surface area contributed by atoms with E-state index >= 15 is 0 Å². The van der Waals surface area contributed by atoms with Gasteiger partial charge in [0, 0.05) is 0 Å². The number of hydrogen-bond acceptors (Lipinski definition) is 3. The van der Waals surface area contributed by atoms with E-state index in [4.69, 9.17) is 4.74 Å². The van der Waals surface area contributed by atoms with E-state index in [0.717, 1.165) is 12.8 Å². The van der Waals surface area contributed by atoms with Crippen LogP contribution >= 0.6 is 15.9 Å². The van der Waals surface area contributed by atoms with E-state index in [1.54, 1.807) is 6.92 Å². The molecule has 0 unspecified atom stereocenters. The molecule has 0 aromatic heterocycles. The molecule has 0 saturated heterocycles. The van der Waals surface area contributed by atoms with E-state index in [-0.39, 0.29) is 11.1 Å². The van der Waals surface area contributed by atoms with Crippen LogP contribution in [0.1, 0.15) is 39.5 Å². The lowest BCUT2D eigenvalue weighted by Gasteiger charge is -2.38. The Labute approximate surface area is 111 Å². The maximum absolute atomic E-state index is 12.0. The highest BCUT2D eigenvalue weighted by Gasteiger charge is 2.41. The van der Waals surface area contributed by atoms with E-state index in [2.05, 4.69) is 28.2 Å². The number of ketones is 1. The second-order valence-corrected chi connectivity index (χ2v) is 5.23. The van der Waals surface area contributed by atoms with Gasteiger partial charge in [-0.1, -0.05) is 22.9 Å². The second-order valence-electron chi connectivity index (χ2n) is 4.67. The van der Waals surface area contributed by atoms with Crippen LogP contribution < -0.4 is 5.32 Å². The molecule has 1 fully saturated rings. The average Bonchev–Trinajstić information content (AvgIpc) is 2.31. The molecule has 0 aromatic rings. The minimum atomic E-state index is -0.720. The molecule has 0 atom stereocenters. The third kappa shape index (κ3) is 3.69. The van der Waals surface area contributed by atoms with Gasteiger partial charge in [0.25, 0.3) is 0 Å². The quantitative estimate of drug-likeness (QED) is 0.812. The minimum Gasteiger partial charge on any atom is -0.450 e. The van der Waals surface area contributed by atoms with Crippen molar-refractivity contribution in [2.45, 2.75) is 45.1 Å². The first-order valence-electron chi connectivity index (χ1n) is 6.08. The number of ether oxygens (including phenoxy) is 1. The molecule has 5 heteroatoms. The van der Waals surface area contributed by atoms with Crippen molar-refractivity contribution in [3.05, 3.63) is 0 Å². The maximum Gasteiger partial charge on any atom is 0.407 e. The lowest BCUT2D eigenvalue weighted by molar-refractivity contribution is -0.124. The Kier molecular flexibility index (Phi) is 5.43. The molecule has 0 aromatic carbocycles. The molecule has 1 aliphatic carbocycles. The summed E-state index contributed by atoms with van der Waals surface area (Å²) in [6.07, 6.45) is 2.85. The molecular weight excluding hydrogens is 286 g/mol. The van der Waals surface area contributed by atoms with Gasteiger partial charge in [-0.3, -0.25) is 4.79 Å². The third-order valence-corrected chi connectivity index (χ3v) is 3.91. The summed E-state index contributed by atoms with van der Waals surface area (Å²) in [5.41, 5.74) is -0.720. The van der Waals surface area contributed by atoms with Crippen molar-refractivity contribution < 1.29 is 14.3 Å². The summed E-state index contributed by atoms with van der Waals surface area (Å²) < 4.78 is 4.87. The van der Waals surface area contributed by atoms with E-state index < -0.39 is 11.6 Å². The van der Waals surface area contributed by atoms with Crippen LogP contribution in [0, 0.1) is 5.92 Å². The number of alkyl halides is 1. The molecule has 1 N–H and O–H groups in total. The summed E-state index contributed by atoms with van der Waals surface area (Å²) in [5, 5.41) is 3.04. The number of rotatable bonds is 4. The Morgan fingerprint density at radius 2 is 2.00 bits per heavy atom. The predicted octanol–water partition coefficient (Wildman–Crippen LogP) is 2.65. The van der Waals surface area contributed by atoms with Gasteiger partial charge in [-0.05, 0) is 38.5 Å². The fraction of sp³-hybridized carbons (Fsp3) is 0.833. The van der Waals surface area contributed by atoms with Crippen LogP contribution in [0.15, 0.2) is 0 Å². The summed E-state index contributed by atoms with van der Waals surface area (Å²) in [5.74, 6) is 0.660. The summed E-state index contributed by atoms with van der Waals surface area (Å²) >= 11 is 3.19. The molecule has 0 spiro atoms. The highest BCUT2D eigenvalue weighted by atomic mass is 79.9. The van der Waals surface area contributed by atoms with Gasteiger partial charge in [0.2, 0.25) is 0 Å². The van der Waals surface area contributed by atoms with E-state index in [9.17, 15) is 9.59 Å². The van der Waals surface area contributed by atoms with Crippen molar-refractivity contribution in [2.24, 2.45) is 5.92 Å². The van der Waals surface area contributed by atoms with Crippen LogP contribution in [0.2, 0.25) is 0 Å². The number of amides is 1. The van der Waals surface area contributed by atoms with Crippen LogP contribution in [0.25, 0.3) is 0 Å². The number of nitrogens with one attached hydrogen (secondary N) is 1. The Morgan fingerprint density at radius 3 is 2.47 bits per heavy atom. The molecule has 98 valence electrons. The zero-order valence-corrected chi connectivity index (χ0v) is 12.0. The number of carbonyl (C=O) groups excluding carboxylic acids is 2. The van der Waals surface area contributed by atoms with Crippen molar-refractivity contribution in [1.82, 2.24) is 5.32 Å². The summed E-state index contributed by atoms with van der Waals surface area (Å²) in [6.45, 7) is 4.25. The molecule has 1 rings (SSSR count). The van der Waals surface area contributed by atoms with Crippen molar-refractivity contribution in [3.63, 3.8) is 0 Å². The van der Waals surface area contributed by atoms with Crippen LogP contribution in [-0.2, 0) is 9.53 Å². The minimum absolute atomic E-state index is 0.0393. The van der Waals surface area contributed by atoms with Crippen LogP contribution in [0.4, 0.5) is 4.79 Å². The molecule has 1 saturated carbocycles. The van der Waals surface area contributed by atoms with Crippen molar-refractivity contribution >= 4 is 27.8 Å². The van der Waals surface area contributed by atoms with Crippen molar-refractivity contribution in [3.8, 4) is 0 Å². The first kappa shape index (κ1) is 14.5. The number of halogens is 1. The number of hydrogen-bond donors (Lipinski definition) is 1. The second kappa shape index (κ2) is 6.38. The van der Waals surface area contributed by atoms with Gasteiger partial charge < -0.3 is 10.1 Å². The Balaban J connectivity index is 2.73. The van der Waals surface area contributed by atoms with Gasteiger partial charge in [0.1, 0.15) is 5.54 Å². The molecule has 4 nitrogen and oxygen atoms in total. The molecule has 1 amide bonds. The fourth-order valence-corrected chi connectivity index (χ4v) is 2.76. The Hall–Kier alpha value is -0.580. The van der Waals surface area contributed by atoms with E-state index in [1.807, 2.05) is 0 Å². The summed E-state index contributed by atoms with van der Waals surface area (Å²) in [7, 11) is 0. The van der Waals surface area contributed by atoms with Crippen LogP contribution in [-0.4, -0.2) is 29.4 Å². The highest BCUT2D eigenvalue weighted by molar-refractivity contribution is 9.09. The smallest absolute Gasteiger partial charge is 0.407 e. The lowest BCUT2D eigenvalue weighted by Crippen LogP contribution is -2.56. The Morgan fingerprint density at radius 1 is 1.41 bits per heavy atom. The number of carbonyl (C=O) groups is 2. The highest BCUT2D eigenvalue weighted by Crippen LogP contribution is 2.33. The van der Waals surface area contributed by atoms with Gasteiger partial charge in [-0.2, -0.15) is 0 Å².